The zero-order chi connectivity index (χ0) is 12.1. The summed E-state index contributed by atoms with van der Waals surface area (Å²) in [5.41, 5.74) is 1.24. The number of halogens is 1. The molecule has 0 aliphatic rings. The highest BCUT2D eigenvalue weighted by atomic mass is 19.1. The molecule has 3 heteroatoms. The number of benzene rings is 1. The smallest absolute Gasteiger partial charge is 0.307 e. The van der Waals surface area contributed by atoms with Crippen molar-refractivity contribution in [2.75, 3.05) is 0 Å². The molecule has 86 valence electrons. The van der Waals surface area contributed by atoms with Gasteiger partial charge in [0.2, 0.25) is 0 Å². The van der Waals surface area contributed by atoms with Crippen molar-refractivity contribution >= 4 is 5.97 Å². The number of carbonyl (C=O) groups is 1. The number of hydrogen-bond donors (Lipinski definition) is 1. The van der Waals surface area contributed by atoms with E-state index in [2.05, 4.69) is 6.58 Å². The van der Waals surface area contributed by atoms with Crippen LogP contribution in [0.3, 0.4) is 0 Å². The minimum absolute atomic E-state index is 0.203. The molecule has 0 heterocycles. The van der Waals surface area contributed by atoms with Gasteiger partial charge < -0.3 is 5.11 Å². The number of allylic oxidation sites excluding steroid dienone is 1. The summed E-state index contributed by atoms with van der Waals surface area (Å²) >= 11 is 0. The van der Waals surface area contributed by atoms with Gasteiger partial charge in [0.15, 0.2) is 0 Å². The third-order valence-electron chi connectivity index (χ3n) is 2.37. The first-order valence-corrected chi connectivity index (χ1v) is 5.11. The normalized spacial score (nSPS) is 12.1. The summed E-state index contributed by atoms with van der Waals surface area (Å²) in [5.74, 6) is -1.86. The predicted octanol–water partition coefficient (Wildman–Crippen LogP) is 3.04. The van der Waals surface area contributed by atoms with Crippen molar-refractivity contribution in [1.82, 2.24) is 0 Å². The standard InChI is InChI=1S/C13H15FO2/c1-9(2)7-11(13(15)16)8-10-5-3-4-6-12(10)14/h3-6,11H,1,7-8H2,2H3,(H,15,16). The number of hydrogen-bond acceptors (Lipinski definition) is 1. The Hall–Kier alpha value is -1.64. The lowest BCUT2D eigenvalue weighted by Gasteiger charge is -2.12. The van der Waals surface area contributed by atoms with Crippen molar-refractivity contribution in [3.63, 3.8) is 0 Å². The van der Waals surface area contributed by atoms with Gasteiger partial charge in [0.05, 0.1) is 5.92 Å². The van der Waals surface area contributed by atoms with Gasteiger partial charge in [0.1, 0.15) is 5.82 Å². The molecular weight excluding hydrogens is 207 g/mol. The van der Waals surface area contributed by atoms with E-state index in [4.69, 9.17) is 5.11 Å². The third-order valence-corrected chi connectivity index (χ3v) is 2.37. The Bertz CT molecular complexity index is 399. The largest absolute Gasteiger partial charge is 0.481 e. The highest BCUT2D eigenvalue weighted by Crippen LogP contribution is 2.18. The lowest BCUT2D eigenvalue weighted by atomic mass is 9.93. The average Bonchev–Trinajstić information content (AvgIpc) is 2.19. The maximum absolute atomic E-state index is 13.3. The molecule has 0 spiro atoms. The first-order valence-electron chi connectivity index (χ1n) is 5.11. The molecule has 0 saturated carbocycles. The zero-order valence-electron chi connectivity index (χ0n) is 9.24. The Morgan fingerprint density at radius 2 is 2.12 bits per heavy atom. The highest BCUT2D eigenvalue weighted by molar-refractivity contribution is 5.70. The van der Waals surface area contributed by atoms with E-state index in [0.717, 1.165) is 5.57 Å². The maximum Gasteiger partial charge on any atom is 0.307 e. The molecule has 16 heavy (non-hydrogen) atoms. The number of carboxylic acids is 1. The average molecular weight is 222 g/mol. The molecular formula is C13H15FO2. The highest BCUT2D eigenvalue weighted by Gasteiger charge is 2.19. The number of aliphatic carboxylic acids is 1. The molecule has 1 aromatic carbocycles. The molecule has 1 unspecified atom stereocenters. The Morgan fingerprint density at radius 3 is 2.62 bits per heavy atom. The number of rotatable bonds is 5. The molecule has 1 rings (SSSR count). The van der Waals surface area contributed by atoms with E-state index in [1.54, 1.807) is 25.1 Å². The van der Waals surface area contributed by atoms with Crippen LogP contribution in [0.4, 0.5) is 4.39 Å². The van der Waals surface area contributed by atoms with Crippen LogP contribution in [0.1, 0.15) is 18.9 Å². The Balaban J connectivity index is 2.80. The fraction of sp³-hybridized carbons (Fsp3) is 0.308. The molecule has 0 bridgehead atoms. The first-order chi connectivity index (χ1) is 7.50. The first kappa shape index (κ1) is 12.4. The second kappa shape index (κ2) is 5.45. The van der Waals surface area contributed by atoms with Gasteiger partial charge in [-0.05, 0) is 31.4 Å². The van der Waals surface area contributed by atoms with Gasteiger partial charge in [-0.1, -0.05) is 23.8 Å². The van der Waals surface area contributed by atoms with E-state index in [1.165, 1.54) is 6.07 Å². The summed E-state index contributed by atoms with van der Waals surface area (Å²) in [6.45, 7) is 5.46. The van der Waals surface area contributed by atoms with Gasteiger partial charge >= 0.3 is 5.97 Å². The Morgan fingerprint density at radius 1 is 1.50 bits per heavy atom. The van der Waals surface area contributed by atoms with Gasteiger partial charge in [0, 0.05) is 0 Å². The van der Waals surface area contributed by atoms with Gasteiger partial charge in [0.25, 0.3) is 0 Å². The SMILES string of the molecule is C=C(C)CC(Cc1ccccc1F)C(=O)O. The minimum atomic E-state index is -0.911. The quantitative estimate of drug-likeness (QED) is 0.777. The van der Waals surface area contributed by atoms with E-state index in [0.29, 0.717) is 12.0 Å². The van der Waals surface area contributed by atoms with Crippen LogP contribution in [0, 0.1) is 11.7 Å². The van der Waals surface area contributed by atoms with Crippen molar-refractivity contribution in [1.29, 1.82) is 0 Å². The van der Waals surface area contributed by atoms with E-state index < -0.39 is 11.9 Å². The second-order valence-corrected chi connectivity index (χ2v) is 3.99. The van der Waals surface area contributed by atoms with Gasteiger partial charge in [-0.2, -0.15) is 0 Å². The Kier molecular flexibility index (Phi) is 4.23. The lowest BCUT2D eigenvalue weighted by molar-refractivity contribution is -0.141. The van der Waals surface area contributed by atoms with Gasteiger partial charge in [-0.3, -0.25) is 4.79 Å². The molecule has 0 radical (unpaired) electrons. The maximum atomic E-state index is 13.3. The van der Waals surface area contributed by atoms with Crippen LogP contribution >= 0.6 is 0 Å². The molecule has 0 saturated heterocycles. The van der Waals surface area contributed by atoms with Crippen LogP contribution in [0.15, 0.2) is 36.4 Å². The molecule has 0 fully saturated rings. The third kappa shape index (κ3) is 3.50. The summed E-state index contributed by atoms with van der Waals surface area (Å²) in [5, 5.41) is 9.01. The van der Waals surface area contributed by atoms with Crippen molar-refractivity contribution < 1.29 is 14.3 Å². The summed E-state index contributed by atoms with van der Waals surface area (Å²) in [6.07, 6.45) is 0.582. The van der Waals surface area contributed by atoms with Crippen molar-refractivity contribution in [3.05, 3.63) is 47.8 Å². The zero-order valence-corrected chi connectivity index (χ0v) is 9.24. The molecule has 0 aliphatic heterocycles. The molecule has 0 aliphatic carbocycles. The second-order valence-electron chi connectivity index (χ2n) is 3.99. The molecule has 0 amide bonds. The van der Waals surface area contributed by atoms with Crippen molar-refractivity contribution in [2.24, 2.45) is 5.92 Å². The van der Waals surface area contributed by atoms with Crippen LogP contribution < -0.4 is 0 Å². The van der Waals surface area contributed by atoms with Crippen LogP contribution in [-0.2, 0) is 11.2 Å². The van der Waals surface area contributed by atoms with E-state index in [9.17, 15) is 9.18 Å². The molecule has 0 aromatic heterocycles. The van der Waals surface area contributed by atoms with Gasteiger partial charge in [-0.15, -0.1) is 6.58 Å². The van der Waals surface area contributed by atoms with Crippen LogP contribution in [-0.4, -0.2) is 11.1 Å². The van der Waals surface area contributed by atoms with E-state index in [1.807, 2.05) is 0 Å². The number of carboxylic acid groups (broad SMARTS) is 1. The van der Waals surface area contributed by atoms with E-state index in [-0.39, 0.29) is 12.2 Å². The van der Waals surface area contributed by atoms with E-state index >= 15 is 0 Å². The summed E-state index contributed by atoms with van der Waals surface area (Å²) in [6, 6.07) is 6.25. The predicted molar refractivity (Wildman–Crippen MR) is 60.7 cm³/mol. The lowest BCUT2D eigenvalue weighted by Crippen LogP contribution is -2.17. The summed E-state index contributed by atoms with van der Waals surface area (Å²) < 4.78 is 13.3. The summed E-state index contributed by atoms with van der Waals surface area (Å²) in [7, 11) is 0. The van der Waals surface area contributed by atoms with Crippen molar-refractivity contribution in [3.8, 4) is 0 Å². The fourth-order valence-corrected chi connectivity index (χ4v) is 1.60. The van der Waals surface area contributed by atoms with Crippen molar-refractivity contribution in [2.45, 2.75) is 19.8 Å². The van der Waals surface area contributed by atoms with Crippen LogP contribution in [0.2, 0.25) is 0 Å². The molecule has 1 atom stereocenters. The Labute approximate surface area is 94.4 Å². The summed E-state index contributed by atoms with van der Waals surface area (Å²) in [4.78, 5) is 11.0. The fourth-order valence-electron chi connectivity index (χ4n) is 1.60. The van der Waals surface area contributed by atoms with Crippen LogP contribution in [0.5, 0.6) is 0 Å². The topological polar surface area (TPSA) is 37.3 Å². The van der Waals surface area contributed by atoms with Crippen LogP contribution in [0.25, 0.3) is 0 Å². The van der Waals surface area contributed by atoms with Gasteiger partial charge in [-0.25, -0.2) is 4.39 Å². The monoisotopic (exact) mass is 222 g/mol. The minimum Gasteiger partial charge on any atom is -0.481 e. The molecule has 1 N–H and O–H groups in total. The molecule has 2 nitrogen and oxygen atoms in total. The molecule has 1 aromatic rings.